The maximum atomic E-state index is 13.4. The molecule has 21 heavy (non-hydrogen) atoms. The van der Waals surface area contributed by atoms with Gasteiger partial charge in [-0.2, -0.15) is 0 Å². The van der Waals surface area contributed by atoms with Crippen molar-refractivity contribution in [3.63, 3.8) is 0 Å². The van der Waals surface area contributed by atoms with Crippen molar-refractivity contribution in [3.8, 4) is 0 Å². The summed E-state index contributed by atoms with van der Waals surface area (Å²) in [5.74, 6) is 0.503. The van der Waals surface area contributed by atoms with Gasteiger partial charge >= 0.3 is 0 Å². The summed E-state index contributed by atoms with van der Waals surface area (Å²) in [6, 6.07) is 7.18. The monoisotopic (exact) mass is 286 g/mol. The molecule has 0 amide bonds. The average molecular weight is 286 g/mol. The molecule has 1 aromatic carbocycles. The third-order valence-electron chi connectivity index (χ3n) is 3.53. The normalized spacial score (nSPS) is 14.2. The van der Waals surface area contributed by atoms with Gasteiger partial charge in [-0.05, 0) is 38.0 Å². The van der Waals surface area contributed by atoms with E-state index in [-0.39, 0.29) is 5.82 Å². The van der Waals surface area contributed by atoms with Crippen molar-refractivity contribution in [1.29, 1.82) is 0 Å². The molecule has 110 valence electrons. The zero-order valence-electron chi connectivity index (χ0n) is 12.1. The van der Waals surface area contributed by atoms with Gasteiger partial charge in [0.25, 0.3) is 0 Å². The molecule has 1 heterocycles. The Morgan fingerprint density at radius 2 is 2.19 bits per heavy atom. The number of nitrogens with zero attached hydrogens (tertiary/aromatic N) is 3. The molecule has 1 aromatic heterocycles. The van der Waals surface area contributed by atoms with Crippen LogP contribution < -0.4 is 10.2 Å². The van der Waals surface area contributed by atoms with E-state index in [1.54, 1.807) is 18.5 Å². The first-order chi connectivity index (χ1) is 10.3. The third-order valence-corrected chi connectivity index (χ3v) is 3.53. The van der Waals surface area contributed by atoms with Gasteiger partial charge in [0.2, 0.25) is 0 Å². The van der Waals surface area contributed by atoms with E-state index in [4.69, 9.17) is 0 Å². The molecule has 0 atom stereocenters. The highest BCUT2D eigenvalue weighted by Crippen LogP contribution is 2.24. The van der Waals surface area contributed by atoms with Crippen LogP contribution in [-0.2, 0) is 6.54 Å². The Hall–Kier alpha value is -2.01. The highest BCUT2D eigenvalue weighted by molar-refractivity contribution is 5.59. The molecular formula is C16H19FN4. The van der Waals surface area contributed by atoms with Gasteiger partial charge in [0.1, 0.15) is 5.82 Å². The number of hydrogen-bond acceptors (Lipinski definition) is 4. The van der Waals surface area contributed by atoms with E-state index in [0.717, 1.165) is 23.7 Å². The second-order valence-electron chi connectivity index (χ2n) is 5.25. The Labute approximate surface area is 124 Å². The zero-order valence-corrected chi connectivity index (χ0v) is 12.1. The van der Waals surface area contributed by atoms with Crippen LogP contribution in [0.1, 0.15) is 25.5 Å². The van der Waals surface area contributed by atoms with Crippen LogP contribution in [0.25, 0.3) is 0 Å². The lowest BCUT2D eigenvalue weighted by Gasteiger charge is -2.22. The van der Waals surface area contributed by atoms with Gasteiger partial charge in [0.15, 0.2) is 5.82 Å². The molecule has 3 rings (SSSR count). The van der Waals surface area contributed by atoms with Gasteiger partial charge in [0, 0.05) is 31.0 Å². The van der Waals surface area contributed by atoms with E-state index >= 15 is 0 Å². The van der Waals surface area contributed by atoms with Crippen LogP contribution in [0.4, 0.5) is 15.9 Å². The fourth-order valence-corrected chi connectivity index (χ4v) is 2.27. The van der Waals surface area contributed by atoms with Crippen molar-refractivity contribution >= 4 is 11.5 Å². The maximum absolute atomic E-state index is 13.4. The smallest absolute Gasteiger partial charge is 0.151 e. The van der Waals surface area contributed by atoms with E-state index in [9.17, 15) is 4.39 Å². The Bertz CT molecular complexity index is 613. The van der Waals surface area contributed by atoms with E-state index in [1.807, 2.05) is 17.9 Å². The highest BCUT2D eigenvalue weighted by atomic mass is 19.1. The summed E-state index contributed by atoms with van der Waals surface area (Å²) in [5, 5.41) is 3.42. The van der Waals surface area contributed by atoms with Crippen molar-refractivity contribution in [2.24, 2.45) is 0 Å². The molecule has 1 saturated carbocycles. The molecule has 1 aliphatic rings. The van der Waals surface area contributed by atoms with E-state index < -0.39 is 0 Å². The first-order valence-electron chi connectivity index (χ1n) is 7.33. The molecule has 0 saturated heterocycles. The number of benzene rings is 1. The first kappa shape index (κ1) is 13.9. The van der Waals surface area contributed by atoms with Crippen molar-refractivity contribution in [2.45, 2.75) is 32.4 Å². The van der Waals surface area contributed by atoms with Gasteiger partial charge in [0.05, 0.1) is 11.9 Å². The molecule has 4 nitrogen and oxygen atoms in total. The summed E-state index contributed by atoms with van der Waals surface area (Å²) in [4.78, 5) is 10.8. The molecule has 2 aromatic rings. The molecule has 5 heteroatoms. The highest BCUT2D eigenvalue weighted by Gasteiger charge is 2.20. The minimum atomic E-state index is -0.245. The van der Waals surface area contributed by atoms with Crippen LogP contribution in [0.15, 0.2) is 36.7 Å². The zero-order chi connectivity index (χ0) is 14.7. The molecule has 1 aliphatic carbocycles. The fourth-order valence-electron chi connectivity index (χ4n) is 2.27. The number of nitrogens with one attached hydrogen (secondary N) is 1. The predicted molar refractivity (Wildman–Crippen MR) is 81.0 cm³/mol. The second kappa shape index (κ2) is 6.18. The largest absolute Gasteiger partial charge is 0.325 e. The van der Waals surface area contributed by atoms with E-state index in [2.05, 4.69) is 15.3 Å². The van der Waals surface area contributed by atoms with Gasteiger partial charge in [-0.1, -0.05) is 6.07 Å². The summed E-state index contributed by atoms with van der Waals surface area (Å²) >= 11 is 0. The Morgan fingerprint density at radius 3 is 2.90 bits per heavy atom. The fraction of sp³-hybridized carbons (Fsp3) is 0.375. The molecule has 0 spiro atoms. The third kappa shape index (κ3) is 3.55. The summed E-state index contributed by atoms with van der Waals surface area (Å²) in [6.07, 6.45) is 5.99. The lowest BCUT2D eigenvalue weighted by Crippen LogP contribution is -2.20. The molecule has 1 N–H and O–H groups in total. The first-order valence-corrected chi connectivity index (χ1v) is 7.33. The van der Waals surface area contributed by atoms with Gasteiger partial charge in [-0.15, -0.1) is 0 Å². The minimum absolute atomic E-state index is 0.245. The molecule has 0 unspecified atom stereocenters. The van der Waals surface area contributed by atoms with Gasteiger partial charge in [-0.3, -0.25) is 4.98 Å². The summed E-state index contributed by atoms with van der Waals surface area (Å²) < 4.78 is 13.4. The molecule has 1 fully saturated rings. The predicted octanol–water partition coefficient (Wildman–Crippen LogP) is 3.03. The lowest BCUT2D eigenvalue weighted by atomic mass is 10.2. The van der Waals surface area contributed by atoms with Crippen molar-refractivity contribution in [2.75, 3.05) is 11.4 Å². The van der Waals surface area contributed by atoms with Crippen LogP contribution in [0.5, 0.6) is 0 Å². The van der Waals surface area contributed by atoms with Gasteiger partial charge in [-0.25, -0.2) is 9.37 Å². The average Bonchev–Trinajstić information content (AvgIpc) is 3.31. The quantitative estimate of drug-likeness (QED) is 0.886. The van der Waals surface area contributed by atoms with Gasteiger partial charge < -0.3 is 10.2 Å². The number of hydrogen-bond donors (Lipinski definition) is 1. The van der Waals surface area contributed by atoms with Crippen LogP contribution in [0.3, 0.4) is 0 Å². The summed E-state index contributed by atoms with van der Waals surface area (Å²) in [6.45, 7) is 3.45. The minimum Gasteiger partial charge on any atom is -0.325 e. The van der Waals surface area contributed by atoms with Crippen LogP contribution in [-0.4, -0.2) is 22.6 Å². The number of aromatic nitrogens is 2. The van der Waals surface area contributed by atoms with Crippen molar-refractivity contribution < 1.29 is 4.39 Å². The van der Waals surface area contributed by atoms with Crippen LogP contribution >= 0.6 is 0 Å². The Balaban J connectivity index is 1.80. The van der Waals surface area contributed by atoms with E-state index in [1.165, 1.54) is 25.0 Å². The Morgan fingerprint density at radius 1 is 1.33 bits per heavy atom. The molecule has 0 aliphatic heterocycles. The van der Waals surface area contributed by atoms with E-state index in [0.29, 0.717) is 12.6 Å². The number of rotatable bonds is 6. The molecule has 0 bridgehead atoms. The summed E-state index contributed by atoms with van der Waals surface area (Å²) in [7, 11) is 0. The molecular weight excluding hydrogens is 267 g/mol. The topological polar surface area (TPSA) is 41.1 Å². The van der Waals surface area contributed by atoms with Crippen molar-refractivity contribution in [3.05, 3.63) is 48.2 Å². The van der Waals surface area contributed by atoms with Crippen LogP contribution in [0, 0.1) is 5.82 Å². The Kier molecular flexibility index (Phi) is 4.10. The number of anilines is 2. The lowest BCUT2D eigenvalue weighted by molar-refractivity contribution is 0.627. The SMILES string of the molecule is CCN(c1cccc(F)c1)c1cncc(CNC2CC2)n1. The molecule has 0 radical (unpaired) electrons. The number of halogens is 1. The maximum Gasteiger partial charge on any atom is 0.151 e. The standard InChI is InChI=1S/C16H19FN4/c1-2-21(15-5-3-4-12(17)8-15)16-11-18-9-14(20-16)10-19-13-6-7-13/h3-5,8-9,11,13,19H,2,6-7,10H2,1H3. The van der Waals surface area contributed by atoms with Crippen LogP contribution in [0.2, 0.25) is 0 Å². The second-order valence-corrected chi connectivity index (χ2v) is 5.25. The summed E-state index contributed by atoms with van der Waals surface area (Å²) in [5.41, 5.74) is 1.70. The van der Waals surface area contributed by atoms with Crippen molar-refractivity contribution in [1.82, 2.24) is 15.3 Å².